The summed E-state index contributed by atoms with van der Waals surface area (Å²) in [5.74, 6) is -0.284. The number of hydrogen-bond acceptors (Lipinski definition) is 2. The van der Waals surface area contributed by atoms with Crippen LogP contribution in [0, 0.1) is 0 Å². The molecule has 2 amide bonds. The standard InChI is InChI=1S/C22H23ClN2O2/c23-18-10-8-17(9-11-18)22(12-13-22)21(27)25(15-20(24)26)14-4-7-19(25)16-5-2-1-3-6-16/h1-3,5-6,8-11,19H,4,7,12-15H2,(H-,24,26)/p+1. The number of rotatable bonds is 5. The van der Waals surface area contributed by atoms with Gasteiger partial charge in [0.1, 0.15) is 11.5 Å². The predicted octanol–water partition coefficient (Wildman–Crippen LogP) is 3.74. The summed E-state index contributed by atoms with van der Waals surface area (Å²) in [7, 11) is 0. The highest BCUT2D eigenvalue weighted by molar-refractivity contribution is 6.30. The maximum Gasteiger partial charge on any atom is 0.325 e. The molecule has 4 rings (SSSR count). The first-order chi connectivity index (χ1) is 13.0. The Bertz CT molecular complexity index is 862. The van der Waals surface area contributed by atoms with Gasteiger partial charge in [-0.05, 0) is 30.5 Å². The number of likely N-dealkylation sites (tertiary alicyclic amines) is 1. The van der Waals surface area contributed by atoms with Crippen molar-refractivity contribution in [2.45, 2.75) is 37.1 Å². The van der Waals surface area contributed by atoms with E-state index >= 15 is 0 Å². The number of amides is 2. The molecule has 0 aromatic heterocycles. The molecule has 2 fully saturated rings. The first kappa shape index (κ1) is 18.2. The lowest BCUT2D eigenvalue weighted by atomic mass is 9.91. The summed E-state index contributed by atoms with van der Waals surface area (Å²) in [6.07, 6.45) is 3.43. The maximum atomic E-state index is 14.0. The molecule has 2 N–H and O–H groups in total. The Morgan fingerprint density at radius 3 is 2.33 bits per heavy atom. The van der Waals surface area contributed by atoms with Crippen molar-refractivity contribution in [3.8, 4) is 0 Å². The lowest BCUT2D eigenvalue weighted by Gasteiger charge is -2.39. The molecule has 0 bridgehead atoms. The molecule has 2 aromatic rings. The molecule has 2 aromatic carbocycles. The van der Waals surface area contributed by atoms with Crippen LogP contribution in [0.4, 0.5) is 0 Å². The summed E-state index contributed by atoms with van der Waals surface area (Å²) in [5.41, 5.74) is 7.22. The summed E-state index contributed by atoms with van der Waals surface area (Å²) in [6.45, 7) is 0.727. The van der Waals surface area contributed by atoms with Crippen LogP contribution in [0.25, 0.3) is 0 Å². The molecule has 2 aliphatic rings. The van der Waals surface area contributed by atoms with Crippen LogP contribution in [-0.4, -0.2) is 29.4 Å². The summed E-state index contributed by atoms with van der Waals surface area (Å²) < 4.78 is 0.141. The fraction of sp³-hybridized carbons (Fsp3) is 0.364. The molecule has 2 atom stereocenters. The number of hydrogen-bond donors (Lipinski definition) is 1. The zero-order valence-corrected chi connectivity index (χ0v) is 16.0. The minimum absolute atomic E-state index is 0.0176. The van der Waals surface area contributed by atoms with E-state index in [4.69, 9.17) is 17.3 Å². The van der Waals surface area contributed by atoms with Crippen LogP contribution >= 0.6 is 11.6 Å². The Morgan fingerprint density at radius 2 is 1.74 bits per heavy atom. The van der Waals surface area contributed by atoms with Gasteiger partial charge in [0.25, 0.3) is 5.91 Å². The van der Waals surface area contributed by atoms with E-state index in [-0.39, 0.29) is 23.0 Å². The topological polar surface area (TPSA) is 60.2 Å². The monoisotopic (exact) mass is 383 g/mol. The van der Waals surface area contributed by atoms with E-state index in [1.807, 2.05) is 42.5 Å². The molecule has 0 radical (unpaired) electrons. The molecule has 5 heteroatoms. The number of halogens is 1. The molecule has 1 aliphatic heterocycles. The molecule has 27 heavy (non-hydrogen) atoms. The van der Waals surface area contributed by atoms with Gasteiger partial charge < -0.3 is 5.73 Å². The summed E-state index contributed by atoms with van der Waals surface area (Å²) in [5, 5.41) is 0.659. The zero-order chi connectivity index (χ0) is 19.1. The van der Waals surface area contributed by atoms with Gasteiger partial charge in [0.05, 0.1) is 6.54 Å². The van der Waals surface area contributed by atoms with Crippen LogP contribution in [0.3, 0.4) is 0 Å². The van der Waals surface area contributed by atoms with Gasteiger partial charge in [0.15, 0.2) is 6.54 Å². The van der Waals surface area contributed by atoms with Crippen LogP contribution < -0.4 is 5.73 Å². The van der Waals surface area contributed by atoms with Gasteiger partial charge >= 0.3 is 5.91 Å². The lowest BCUT2D eigenvalue weighted by molar-refractivity contribution is -0.866. The van der Waals surface area contributed by atoms with Crippen molar-refractivity contribution >= 4 is 23.4 Å². The van der Waals surface area contributed by atoms with Crippen molar-refractivity contribution in [1.82, 2.24) is 0 Å². The number of quaternary nitrogens is 1. The smallest absolute Gasteiger partial charge is 0.325 e. The molecular weight excluding hydrogens is 360 g/mol. The van der Waals surface area contributed by atoms with Crippen LogP contribution in [0.1, 0.15) is 42.9 Å². The van der Waals surface area contributed by atoms with Gasteiger partial charge in [-0.1, -0.05) is 54.1 Å². The highest BCUT2D eigenvalue weighted by atomic mass is 35.5. The Labute approximate surface area is 164 Å². The van der Waals surface area contributed by atoms with Crippen LogP contribution in [0.5, 0.6) is 0 Å². The Balaban J connectivity index is 1.77. The third-order valence-corrected chi connectivity index (χ3v) is 6.47. The third kappa shape index (κ3) is 3.07. The summed E-state index contributed by atoms with van der Waals surface area (Å²) in [6, 6.07) is 17.6. The normalized spacial score (nSPS) is 25.9. The molecular formula is C22H24ClN2O2+. The van der Waals surface area contributed by atoms with Gasteiger partial charge in [0.2, 0.25) is 0 Å². The molecule has 1 saturated heterocycles. The number of nitrogens with zero attached hydrogens (tertiary/aromatic N) is 1. The Morgan fingerprint density at radius 1 is 1.07 bits per heavy atom. The molecule has 1 aliphatic carbocycles. The lowest BCUT2D eigenvalue weighted by Crippen LogP contribution is -2.59. The van der Waals surface area contributed by atoms with Gasteiger partial charge in [0, 0.05) is 23.4 Å². The minimum atomic E-state index is -0.516. The number of nitrogens with two attached hydrogens (primary N) is 1. The van der Waals surface area contributed by atoms with E-state index < -0.39 is 11.3 Å². The highest BCUT2D eigenvalue weighted by Gasteiger charge is 2.63. The Kier molecular flexibility index (Phi) is 4.57. The van der Waals surface area contributed by atoms with Crippen LogP contribution in [0.2, 0.25) is 5.02 Å². The number of benzene rings is 2. The van der Waals surface area contributed by atoms with Gasteiger partial charge in [-0.25, -0.2) is 9.28 Å². The van der Waals surface area contributed by atoms with Crippen LogP contribution in [-0.2, 0) is 15.0 Å². The van der Waals surface area contributed by atoms with E-state index in [9.17, 15) is 9.59 Å². The van der Waals surface area contributed by atoms with E-state index in [1.165, 1.54) is 0 Å². The van der Waals surface area contributed by atoms with Crippen molar-refractivity contribution in [1.29, 1.82) is 0 Å². The third-order valence-electron chi connectivity index (χ3n) is 6.21. The average molecular weight is 384 g/mol. The van der Waals surface area contributed by atoms with Crippen molar-refractivity contribution in [3.63, 3.8) is 0 Å². The number of carbonyl (C=O) groups is 2. The van der Waals surface area contributed by atoms with Crippen molar-refractivity contribution < 1.29 is 14.1 Å². The number of carbonyl (C=O) groups excluding carboxylic acids is 2. The summed E-state index contributed by atoms with van der Waals surface area (Å²) >= 11 is 6.04. The minimum Gasteiger partial charge on any atom is -0.365 e. The van der Waals surface area contributed by atoms with Gasteiger partial charge in [-0.2, -0.15) is 0 Å². The predicted molar refractivity (Wildman–Crippen MR) is 105 cm³/mol. The molecule has 1 saturated carbocycles. The van der Waals surface area contributed by atoms with E-state index in [1.54, 1.807) is 0 Å². The molecule has 2 unspecified atom stereocenters. The highest BCUT2D eigenvalue weighted by Crippen LogP contribution is 2.54. The number of primary amides is 1. The van der Waals surface area contributed by atoms with E-state index in [0.29, 0.717) is 11.6 Å². The molecule has 0 spiro atoms. The largest absolute Gasteiger partial charge is 0.365 e. The van der Waals surface area contributed by atoms with Crippen molar-refractivity contribution in [2.75, 3.05) is 13.1 Å². The van der Waals surface area contributed by atoms with Crippen LogP contribution in [0.15, 0.2) is 54.6 Å². The molecule has 4 nitrogen and oxygen atoms in total. The SMILES string of the molecule is NC(=O)C[N+]1(C(=O)C2(c3ccc(Cl)cc3)CC2)CCCC1c1ccccc1. The second-order valence-electron chi connectivity index (χ2n) is 7.84. The average Bonchev–Trinajstić information content (AvgIpc) is 3.37. The second-order valence-corrected chi connectivity index (χ2v) is 8.28. The first-order valence-electron chi connectivity index (χ1n) is 9.49. The quantitative estimate of drug-likeness (QED) is 0.799. The zero-order valence-electron chi connectivity index (χ0n) is 15.2. The fourth-order valence-electron chi connectivity index (χ4n) is 4.83. The maximum absolute atomic E-state index is 14.0. The fourth-order valence-corrected chi connectivity index (χ4v) is 4.95. The first-order valence-corrected chi connectivity index (χ1v) is 9.87. The van der Waals surface area contributed by atoms with Gasteiger partial charge in [-0.15, -0.1) is 0 Å². The molecule has 140 valence electrons. The van der Waals surface area contributed by atoms with E-state index in [2.05, 4.69) is 12.1 Å². The van der Waals surface area contributed by atoms with E-state index in [0.717, 1.165) is 36.8 Å². The molecule has 1 heterocycles. The van der Waals surface area contributed by atoms with Crippen molar-refractivity contribution in [3.05, 3.63) is 70.7 Å². The summed E-state index contributed by atoms with van der Waals surface area (Å²) in [4.78, 5) is 26.0. The van der Waals surface area contributed by atoms with Gasteiger partial charge in [-0.3, -0.25) is 4.79 Å². The van der Waals surface area contributed by atoms with Crippen molar-refractivity contribution in [2.24, 2.45) is 5.73 Å². The Hall–Kier alpha value is -2.17. The second kappa shape index (κ2) is 6.77.